The van der Waals surface area contributed by atoms with Gasteiger partial charge in [0.25, 0.3) is 5.56 Å². The zero-order valence-corrected chi connectivity index (χ0v) is 17.2. The predicted octanol–water partition coefficient (Wildman–Crippen LogP) is 1.88. The maximum Gasteiger partial charge on any atom is 0.332 e. The zero-order chi connectivity index (χ0) is 22.0. The molecule has 0 aliphatic heterocycles. The minimum Gasteiger partial charge on any atom is -0.393 e. The van der Waals surface area contributed by atoms with Crippen LogP contribution in [-0.2, 0) is 27.2 Å². The summed E-state index contributed by atoms with van der Waals surface area (Å²) in [6, 6.07) is 3.58. The fraction of sp³-hybridized carbons (Fsp3) is 0.450. The smallest absolute Gasteiger partial charge is 0.332 e. The van der Waals surface area contributed by atoms with Crippen molar-refractivity contribution in [1.29, 1.82) is 0 Å². The Morgan fingerprint density at radius 2 is 1.87 bits per heavy atom. The van der Waals surface area contributed by atoms with Crippen molar-refractivity contribution in [2.24, 2.45) is 14.1 Å². The molecule has 0 saturated carbocycles. The molecule has 1 aromatic carbocycles. The van der Waals surface area contributed by atoms with Crippen molar-refractivity contribution in [2.75, 3.05) is 5.32 Å². The van der Waals surface area contributed by atoms with Crippen LogP contribution in [-0.4, -0.2) is 29.9 Å². The number of imidazole rings is 1. The standard InChI is InChI=1S/C20H25F2N5O3/c1-12(28)6-4-5-9-27-18(29)16-17(26(3)20(27)30)24-19(25(16)2)23-11-13-7-8-14(21)15(22)10-13/h7-8,10,12,28H,4-6,9,11H2,1-3H3,(H,23,24). The molecule has 2 aromatic heterocycles. The summed E-state index contributed by atoms with van der Waals surface area (Å²) in [5.74, 6) is -1.54. The van der Waals surface area contributed by atoms with Crippen LogP contribution in [0.4, 0.5) is 14.7 Å². The Morgan fingerprint density at radius 1 is 1.13 bits per heavy atom. The van der Waals surface area contributed by atoms with E-state index in [0.717, 1.165) is 12.1 Å². The second kappa shape index (κ2) is 8.78. The van der Waals surface area contributed by atoms with Crippen LogP contribution in [0.3, 0.4) is 0 Å². The molecule has 30 heavy (non-hydrogen) atoms. The van der Waals surface area contributed by atoms with Crippen LogP contribution in [0.15, 0.2) is 27.8 Å². The van der Waals surface area contributed by atoms with Crippen molar-refractivity contribution in [2.45, 2.75) is 45.4 Å². The zero-order valence-electron chi connectivity index (χ0n) is 17.2. The van der Waals surface area contributed by atoms with Gasteiger partial charge in [-0.15, -0.1) is 0 Å². The molecule has 1 unspecified atom stereocenters. The van der Waals surface area contributed by atoms with E-state index in [0.29, 0.717) is 30.8 Å². The van der Waals surface area contributed by atoms with Crippen LogP contribution in [0.25, 0.3) is 11.2 Å². The minimum atomic E-state index is -0.944. The number of unbranched alkanes of at least 4 members (excludes halogenated alkanes) is 1. The van der Waals surface area contributed by atoms with Crippen molar-refractivity contribution in [3.05, 3.63) is 56.2 Å². The van der Waals surface area contributed by atoms with Gasteiger partial charge in [0.2, 0.25) is 5.95 Å². The van der Waals surface area contributed by atoms with Crippen LogP contribution in [0.5, 0.6) is 0 Å². The number of hydrogen-bond acceptors (Lipinski definition) is 5. The highest BCUT2D eigenvalue weighted by Crippen LogP contribution is 2.16. The van der Waals surface area contributed by atoms with Gasteiger partial charge in [-0.1, -0.05) is 6.07 Å². The van der Waals surface area contributed by atoms with E-state index in [4.69, 9.17) is 0 Å². The summed E-state index contributed by atoms with van der Waals surface area (Å²) in [6.45, 7) is 2.11. The van der Waals surface area contributed by atoms with Crippen molar-refractivity contribution >= 4 is 17.1 Å². The molecule has 0 fully saturated rings. The molecular formula is C20H25F2N5O3. The Morgan fingerprint density at radius 3 is 2.53 bits per heavy atom. The average molecular weight is 421 g/mol. The lowest BCUT2D eigenvalue weighted by Crippen LogP contribution is -2.39. The van der Waals surface area contributed by atoms with E-state index in [-0.39, 0.29) is 24.3 Å². The van der Waals surface area contributed by atoms with Gasteiger partial charge in [-0.3, -0.25) is 13.9 Å². The molecule has 0 spiro atoms. The lowest BCUT2D eigenvalue weighted by Gasteiger charge is -2.09. The third kappa shape index (κ3) is 4.28. The summed E-state index contributed by atoms with van der Waals surface area (Å²) in [5, 5.41) is 12.3. The summed E-state index contributed by atoms with van der Waals surface area (Å²) < 4.78 is 30.5. The summed E-state index contributed by atoms with van der Waals surface area (Å²) in [6.07, 6.45) is 1.45. The number of benzene rings is 1. The Hall–Kier alpha value is -3.01. The fourth-order valence-corrected chi connectivity index (χ4v) is 3.34. The fourth-order valence-electron chi connectivity index (χ4n) is 3.34. The summed E-state index contributed by atoms with van der Waals surface area (Å²) in [4.78, 5) is 29.9. The minimum absolute atomic E-state index is 0.163. The molecule has 0 radical (unpaired) electrons. The molecule has 3 rings (SSSR count). The maximum atomic E-state index is 13.4. The van der Waals surface area contributed by atoms with Crippen molar-refractivity contribution in [3.8, 4) is 0 Å². The first kappa shape index (κ1) is 21.7. The van der Waals surface area contributed by atoms with E-state index in [1.165, 1.54) is 15.2 Å². The monoisotopic (exact) mass is 421 g/mol. The lowest BCUT2D eigenvalue weighted by molar-refractivity contribution is 0.180. The van der Waals surface area contributed by atoms with Gasteiger partial charge in [0.05, 0.1) is 6.10 Å². The second-order valence-electron chi connectivity index (χ2n) is 7.41. The molecule has 162 valence electrons. The third-order valence-corrected chi connectivity index (χ3v) is 5.05. The molecule has 0 aliphatic carbocycles. The number of hydrogen-bond donors (Lipinski definition) is 2. The number of aromatic nitrogens is 4. The molecule has 0 aliphatic rings. The van der Waals surface area contributed by atoms with Gasteiger partial charge in [0.15, 0.2) is 22.8 Å². The molecule has 0 saturated heterocycles. The van der Waals surface area contributed by atoms with Gasteiger partial charge in [-0.05, 0) is 43.9 Å². The Kier molecular flexibility index (Phi) is 6.35. The highest BCUT2D eigenvalue weighted by Gasteiger charge is 2.18. The number of nitrogens with zero attached hydrogens (tertiary/aromatic N) is 4. The SMILES string of the molecule is CC(O)CCCCn1c(=O)c2c(nc(NCc3ccc(F)c(F)c3)n2C)n(C)c1=O. The normalized spacial score (nSPS) is 12.5. The molecule has 3 aromatic rings. The predicted molar refractivity (Wildman–Crippen MR) is 109 cm³/mol. The molecule has 0 amide bonds. The molecule has 10 heteroatoms. The van der Waals surface area contributed by atoms with Gasteiger partial charge >= 0.3 is 5.69 Å². The van der Waals surface area contributed by atoms with Crippen LogP contribution < -0.4 is 16.6 Å². The Bertz CT molecular complexity index is 1180. The highest BCUT2D eigenvalue weighted by molar-refractivity contribution is 5.74. The lowest BCUT2D eigenvalue weighted by atomic mass is 10.2. The largest absolute Gasteiger partial charge is 0.393 e. The first-order valence-electron chi connectivity index (χ1n) is 9.72. The molecule has 0 bridgehead atoms. The molecular weight excluding hydrogens is 396 g/mol. The number of rotatable bonds is 8. The van der Waals surface area contributed by atoms with Crippen LogP contribution in [0.2, 0.25) is 0 Å². The maximum absolute atomic E-state index is 13.4. The topological polar surface area (TPSA) is 94.1 Å². The van der Waals surface area contributed by atoms with Crippen molar-refractivity contribution in [3.63, 3.8) is 0 Å². The number of aliphatic hydroxyl groups excluding tert-OH is 1. The third-order valence-electron chi connectivity index (χ3n) is 5.05. The average Bonchev–Trinajstić information content (AvgIpc) is 3.03. The van der Waals surface area contributed by atoms with Gasteiger partial charge in [-0.2, -0.15) is 4.98 Å². The summed E-state index contributed by atoms with van der Waals surface area (Å²) in [5.41, 5.74) is 0.0992. The summed E-state index contributed by atoms with van der Waals surface area (Å²) in [7, 11) is 3.19. The number of nitrogens with one attached hydrogen (secondary N) is 1. The van der Waals surface area contributed by atoms with Gasteiger partial charge in [-0.25, -0.2) is 13.6 Å². The second-order valence-corrected chi connectivity index (χ2v) is 7.41. The highest BCUT2D eigenvalue weighted by atomic mass is 19.2. The quantitative estimate of drug-likeness (QED) is 0.542. The van der Waals surface area contributed by atoms with E-state index in [9.17, 15) is 23.5 Å². The van der Waals surface area contributed by atoms with E-state index >= 15 is 0 Å². The Labute approximate surface area is 171 Å². The van der Waals surface area contributed by atoms with E-state index < -0.39 is 29.0 Å². The van der Waals surface area contributed by atoms with Crippen LogP contribution in [0.1, 0.15) is 31.7 Å². The molecule has 2 heterocycles. The van der Waals surface area contributed by atoms with E-state index in [1.807, 2.05) is 0 Å². The first-order valence-corrected chi connectivity index (χ1v) is 9.72. The van der Waals surface area contributed by atoms with Gasteiger partial charge in [0.1, 0.15) is 0 Å². The van der Waals surface area contributed by atoms with Gasteiger partial charge < -0.3 is 15.0 Å². The molecule has 8 nitrogen and oxygen atoms in total. The van der Waals surface area contributed by atoms with Crippen molar-refractivity contribution < 1.29 is 13.9 Å². The van der Waals surface area contributed by atoms with Gasteiger partial charge in [0, 0.05) is 27.2 Å². The first-order chi connectivity index (χ1) is 14.2. The van der Waals surface area contributed by atoms with Crippen LogP contribution >= 0.6 is 0 Å². The molecule has 2 N–H and O–H groups in total. The van der Waals surface area contributed by atoms with E-state index in [2.05, 4.69) is 10.3 Å². The number of aliphatic hydroxyl groups is 1. The number of fused-ring (bicyclic) bond motifs is 1. The van der Waals surface area contributed by atoms with E-state index in [1.54, 1.807) is 25.6 Å². The Balaban J connectivity index is 1.89. The van der Waals surface area contributed by atoms with Crippen LogP contribution in [0, 0.1) is 11.6 Å². The summed E-state index contributed by atoms with van der Waals surface area (Å²) >= 11 is 0. The number of anilines is 1. The number of halogens is 2. The molecule has 1 atom stereocenters. The van der Waals surface area contributed by atoms with Crippen molar-refractivity contribution in [1.82, 2.24) is 18.7 Å². The number of aryl methyl sites for hydroxylation is 2.